The monoisotopic (exact) mass is 231 g/mol. The second kappa shape index (κ2) is 8.53. The van der Waals surface area contributed by atoms with E-state index in [-0.39, 0.29) is 5.91 Å². The van der Waals surface area contributed by atoms with Gasteiger partial charge < -0.3 is 15.2 Å². The van der Waals surface area contributed by atoms with Crippen LogP contribution in [0.4, 0.5) is 0 Å². The molecule has 16 heavy (non-hydrogen) atoms. The molecule has 96 valence electrons. The minimum atomic E-state index is -0.879. The Morgan fingerprint density at radius 3 is 2.69 bits per heavy atom. The molecule has 0 saturated carbocycles. The van der Waals surface area contributed by atoms with Crippen molar-refractivity contribution in [1.29, 1.82) is 0 Å². The van der Waals surface area contributed by atoms with E-state index in [1.54, 1.807) is 14.0 Å². The number of ether oxygens (including phenoxy) is 1. The van der Waals surface area contributed by atoms with Crippen molar-refractivity contribution >= 4 is 5.91 Å². The van der Waals surface area contributed by atoms with Crippen LogP contribution in [0.2, 0.25) is 0 Å². The smallest absolute Gasteiger partial charge is 0.220 e. The van der Waals surface area contributed by atoms with Crippen LogP contribution < -0.4 is 5.32 Å². The zero-order chi connectivity index (χ0) is 12.4. The van der Waals surface area contributed by atoms with E-state index in [0.717, 1.165) is 19.3 Å². The van der Waals surface area contributed by atoms with Gasteiger partial charge in [-0.05, 0) is 13.3 Å². The van der Waals surface area contributed by atoms with E-state index in [0.29, 0.717) is 26.0 Å². The molecule has 0 rings (SSSR count). The van der Waals surface area contributed by atoms with E-state index in [9.17, 15) is 9.90 Å². The molecule has 0 heterocycles. The molecule has 1 atom stereocenters. The van der Waals surface area contributed by atoms with Gasteiger partial charge in [0, 0.05) is 33.1 Å². The summed E-state index contributed by atoms with van der Waals surface area (Å²) in [5.41, 5.74) is -0.879. The predicted molar refractivity (Wildman–Crippen MR) is 64.3 cm³/mol. The summed E-state index contributed by atoms with van der Waals surface area (Å²) in [7, 11) is 1.60. The fourth-order valence-corrected chi connectivity index (χ4v) is 1.32. The van der Waals surface area contributed by atoms with Crippen molar-refractivity contribution in [3.63, 3.8) is 0 Å². The fraction of sp³-hybridized carbons (Fsp3) is 0.917. The van der Waals surface area contributed by atoms with Crippen molar-refractivity contribution in [3.05, 3.63) is 0 Å². The summed E-state index contributed by atoms with van der Waals surface area (Å²) in [5.74, 6) is 0.0196. The standard InChI is InChI=1S/C12H25NO3/c1-4-5-6-7-11(14)13-10-12(2,15)8-9-16-3/h15H,4-10H2,1-3H3,(H,13,14). The van der Waals surface area contributed by atoms with E-state index >= 15 is 0 Å². The Labute approximate surface area is 98.4 Å². The van der Waals surface area contributed by atoms with Crippen molar-refractivity contribution in [2.45, 2.75) is 51.6 Å². The number of aliphatic hydroxyl groups is 1. The van der Waals surface area contributed by atoms with Gasteiger partial charge in [-0.25, -0.2) is 0 Å². The Bertz CT molecular complexity index is 193. The third-order valence-corrected chi connectivity index (χ3v) is 2.52. The van der Waals surface area contributed by atoms with Crippen LogP contribution in [-0.2, 0) is 9.53 Å². The molecule has 0 fully saturated rings. The van der Waals surface area contributed by atoms with E-state index in [2.05, 4.69) is 12.2 Å². The summed E-state index contributed by atoms with van der Waals surface area (Å²) in [6, 6.07) is 0. The topological polar surface area (TPSA) is 58.6 Å². The van der Waals surface area contributed by atoms with Crippen LogP contribution >= 0.6 is 0 Å². The first-order valence-electron chi connectivity index (χ1n) is 6.00. The molecule has 0 aliphatic rings. The molecule has 0 aromatic rings. The molecule has 0 spiro atoms. The average molecular weight is 231 g/mol. The molecular weight excluding hydrogens is 206 g/mol. The molecule has 0 radical (unpaired) electrons. The number of carbonyl (C=O) groups is 1. The van der Waals surface area contributed by atoms with Gasteiger partial charge in [0.05, 0.1) is 5.60 Å². The van der Waals surface area contributed by atoms with E-state index in [1.165, 1.54) is 0 Å². The number of hydrogen-bond acceptors (Lipinski definition) is 3. The van der Waals surface area contributed by atoms with Crippen molar-refractivity contribution in [3.8, 4) is 0 Å². The number of amides is 1. The maximum absolute atomic E-state index is 11.4. The molecule has 4 heteroatoms. The van der Waals surface area contributed by atoms with Crippen LogP contribution in [0, 0.1) is 0 Å². The fourth-order valence-electron chi connectivity index (χ4n) is 1.32. The quantitative estimate of drug-likeness (QED) is 0.591. The minimum Gasteiger partial charge on any atom is -0.388 e. The van der Waals surface area contributed by atoms with Crippen molar-refractivity contribution < 1.29 is 14.6 Å². The minimum absolute atomic E-state index is 0.0196. The van der Waals surface area contributed by atoms with Gasteiger partial charge in [0.2, 0.25) is 5.91 Å². The van der Waals surface area contributed by atoms with Gasteiger partial charge in [-0.3, -0.25) is 4.79 Å². The summed E-state index contributed by atoms with van der Waals surface area (Å²) in [6.07, 6.45) is 4.18. The van der Waals surface area contributed by atoms with Crippen LogP contribution in [0.1, 0.15) is 46.0 Å². The number of carbonyl (C=O) groups excluding carboxylic acids is 1. The van der Waals surface area contributed by atoms with Gasteiger partial charge in [-0.2, -0.15) is 0 Å². The van der Waals surface area contributed by atoms with Crippen molar-refractivity contribution in [2.75, 3.05) is 20.3 Å². The Kier molecular flexibility index (Phi) is 8.21. The first kappa shape index (κ1) is 15.4. The lowest BCUT2D eigenvalue weighted by molar-refractivity contribution is -0.122. The molecule has 0 aliphatic carbocycles. The van der Waals surface area contributed by atoms with Gasteiger partial charge in [0.15, 0.2) is 0 Å². The van der Waals surface area contributed by atoms with Crippen LogP contribution in [-0.4, -0.2) is 36.9 Å². The molecular formula is C12H25NO3. The van der Waals surface area contributed by atoms with Gasteiger partial charge in [0.1, 0.15) is 0 Å². The molecule has 0 aromatic heterocycles. The van der Waals surface area contributed by atoms with Gasteiger partial charge in [0.25, 0.3) is 0 Å². The molecule has 1 unspecified atom stereocenters. The predicted octanol–water partition coefficient (Wildman–Crippen LogP) is 1.47. The Morgan fingerprint density at radius 1 is 1.44 bits per heavy atom. The maximum Gasteiger partial charge on any atom is 0.220 e. The Balaban J connectivity index is 3.64. The summed E-state index contributed by atoms with van der Waals surface area (Å²) >= 11 is 0. The summed E-state index contributed by atoms with van der Waals surface area (Å²) in [4.78, 5) is 11.4. The zero-order valence-corrected chi connectivity index (χ0v) is 10.7. The molecule has 4 nitrogen and oxygen atoms in total. The van der Waals surface area contributed by atoms with Gasteiger partial charge in [-0.1, -0.05) is 19.8 Å². The first-order valence-corrected chi connectivity index (χ1v) is 6.00. The normalized spacial score (nSPS) is 14.5. The number of unbranched alkanes of at least 4 members (excludes halogenated alkanes) is 2. The van der Waals surface area contributed by atoms with Crippen LogP contribution in [0.25, 0.3) is 0 Å². The van der Waals surface area contributed by atoms with Crippen molar-refractivity contribution in [1.82, 2.24) is 5.32 Å². The lowest BCUT2D eigenvalue weighted by atomic mass is 10.0. The van der Waals surface area contributed by atoms with E-state index in [1.807, 2.05) is 0 Å². The second-order valence-corrected chi connectivity index (χ2v) is 4.47. The maximum atomic E-state index is 11.4. The first-order chi connectivity index (χ1) is 7.52. The van der Waals surface area contributed by atoms with Crippen LogP contribution in [0.5, 0.6) is 0 Å². The number of hydrogen-bond donors (Lipinski definition) is 2. The summed E-state index contributed by atoms with van der Waals surface area (Å²) in [6.45, 7) is 4.60. The highest BCUT2D eigenvalue weighted by molar-refractivity contribution is 5.75. The number of rotatable bonds is 9. The van der Waals surface area contributed by atoms with Gasteiger partial charge in [-0.15, -0.1) is 0 Å². The highest BCUT2D eigenvalue weighted by Gasteiger charge is 2.20. The molecule has 0 aromatic carbocycles. The highest BCUT2D eigenvalue weighted by atomic mass is 16.5. The lowest BCUT2D eigenvalue weighted by Crippen LogP contribution is -2.41. The van der Waals surface area contributed by atoms with Gasteiger partial charge >= 0.3 is 0 Å². The number of methoxy groups -OCH3 is 1. The highest BCUT2D eigenvalue weighted by Crippen LogP contribution is 2.07. The van der Waals surface area contributed by atoms with Crippen LogP contribution in [0.3, 0.4) is 0 Å². The average Bonchev–Trinajstić information content (AvgIpc) is 2.24. The van der Waals surface area contributed by atoms with Crippen LogP contribution in [0.15, 0.2) is 0 Å². The number of nitrogens with one attached hydrogen (secondary N) is 1. The van der Waals surface area contributed by atoms with E-state index in [4.69, 9.17) is 4.74 Å². The summed E-state index contributed by atoms with van der Waals surface area (Å²) < 4.78 is 4.89. The SMILES string of the molecule is CCCCCC(=O)NCC(C)(O)CCOC. The molecule has 0 saturated heterocycles. The second-order valence-electron chi connectivity index (χ2n) is 4.47. The largest absolute Gasteiger partial charge is 0.388 e. The van der Waals surface area contributed by atoms with Crippen molar-refractivity contribution in [2.24, 2.45) is 0 Å². The lowest BCUT2D eigenvalue weighted by Gasteiger charge is -2.23. The third-order valence-electron chi connectivity index (χ3n) is 2.52. The molecule has 1 amide bonds. The van der Waals surface area contributed by atoms with E-state index < -0.39 is 5.60 Å². The zero-order valence-electron chi connectivity index (χ0n) is 10.7. The molecule has 2 N–H and O–H groups in total. The molecule has 0 bridgehead atoms. The molecule has 0 aliphatic heterocycles. The third kappa shape index (κ3) is 8.68. The Hall–Kier alpha value is -0.610. The summed E-state index contributed by atoms with van der Waals surface area (Å²) in [5, 5.41) is 12.6. The Morgan fingerprint density at radius 2 is 2.12 bits per heavy atom.